The second-order valence-corrected chi connectivity index (χ2v) is 9.99. The van der Waals surface area contributed by atoms with E-state index in [1.807, 2.05) is 50.4 Å². The molecule has 2 aromatic rings. The van der Waals surface area contributed by atoms with Crippen molar-refractivity contribution < 1.29 is 19.1 Å². The van der Waals surface area contributed by atoms with Crippen molar-refractivity contribution in [2.45, 2.75) is 63.7 Å². The van der Waals surface area contributed by atoms with Crippen LogP contribution in [0.1, 0.15) is 49.3 Å². The Balaban J connectivity index is 1.80. The van der Waals surface area contributed by atoms with E-state index >= 15 is 0 Å². The molecule has 3 rings (SSSR count). The Kier molecular flexibility index (Phi) is 8.29. The van der Waals surface area contributed by atoms with Crippen molar-refractivity contribution in [3.8, 4) is 11.1 Å². The number of carbonyl (C=O) groups excluding carboxylic acids is 2. The van der Waals surface area contributed by atoms with Gasteiger partial charge in [0, 0.05) is 16.7 Å². The van der Waals surface area contributed by atoms with E-state index in [0.29, 0.717) is 17.9 Å². The Bertz CT molecular complexity index is 973. The Morgan fingerprint density at radius 3 is 2.53 bits per heavy atom. The van der Waals surface area contributed by atoms with Gasteiger partial charge in [-0.1, -0.05) is 35.9 Å². The average molecular weight is 475 g/mol. The molecular formula is C26H31ClO4S. The number of esters is 2. The lowest BCUT2D eigenvalue weighted by Crippen LogP contribution is -2.49. The highest BCUT2D eigenvalue weighted by atomic mass is 35.5. The molecule has 1 aliphatic carbocycles. The summed E-state index contributed by atoms with van der Waals surface area (Å²) in [6.07, 6.45) is 5.03. The second kappa shape index (κ2) is 10.8. The molecule has 4 nitrogen and oxygen atoms in total. The van der Waals surface area contributed by atoms with Crippen LogP contribution in [0.15, 0.2) is 36.4 Å². The molecule has 0 saturated heterocycles. The number of carbonyl (C=O) groups is 2. The number of thioether (sulfide) groups is 1. The summed E-state index contributed by atoms with van der Waals surface area (Å²) in [7, 11) is 0. The maximum Gasteiger partial charge on any atom is 0.350 e. The van der Waals surface area contributed by atoms with Crippen molar-refractivity contribution >= 4 is 35.3 Å². The average Bonchev–Trinajstić information content (AvgIpc) is 2.77. The van der Waals surface area contributed by atoms with Crippen LogP contribution in [0.2, 0.25) is 5.02 Å². The first-order valence-corrected chi connectivity index (χ1v) is 12.7. The molecule has 0 amide bonds. The van der Waals surface area contributed by atoms with Crippen molar-refractivity contribution in [1.29, 1.82) is 0 Å². The van der Waals surface area contributed by atoms with Crippen LogP contribution in [-0.2, 0) is 25.5 Å². The van der Waals surface area contributed by atoms with E-state index in [0.717, 1.165) is 40.7 Å². The van der Waals surface area contributed by atoms with Gasteiger partial charge >= 0.3 is 11.9 Å². The quantitative estimate of drug-likeness (QED) is 0.439. The maximum atomic E-state index is 13.0. The fraction of sp³-hybridized carbons (Fsp3) is 0.462. The minimum absolute atomic E-state index is 0.124. The van der Waals surface area contributed by atoms with E-state index in [2.05, 4.69) is 6.07 Å². The normalized spacial score (nSPS) is 20.6. The zero-order valence-electron chi connectivity index (χ0n) is 19.2. The monoisotopic (exact) mass is 474 g/mol. The highest BCUT2D eigenvalue weighted by Gasteiger charge is 2.47. The van der Waals surface area contributed by atoms with E-state index in [-0.39, 0.29) is 24.2 Å². The van der Waals surface area contributed by atoms with Crippen LogP contribution in [0.5, 0.6) is 0 Å². The minimum Gasteiger partial charge on any atom is -0.463 e. The molecule has 0 spiro atoms. The van der Waals surface area contributed by atoms with Crippen molar-refractivity contribution in [2.75, 3.05) is 12.9 Å². The molecule has 0 radical (unpaired) electrons. The summed E-state index contributed by atoms with van der Waals surface area (Å²) in [6, 6.07) is 11.9. The van der Waals surface area contributed by atoms with Gasteiger partial charge in [0.1, 0.15) is 0 Å². The van der Waals surface area contributed by atoms with Crippen LogP contribution in [0, 0.1) is 13.8 Å². The first-order valence-electron chi connectivity index (χ1n) is 11.1. The second-order valence-electron chi connectivity index (χ2n) is 8.42. The Morgan fingerprint density at radius 2 is 1.88 bits per heavy atom. The molecule has 32 heavy (non-hydrogen) atoms. The number of ether oxygens (including phenoxy) is 2. The van der Waals surface area contributed by atoms with Gasteiger partial charge in [0.2, 0.25) is 5.60 Å². The SMILES string of the molecule is CCOC(=O)C1(OC(=O)Cc2cc(C)c(-c3ccc(Cl)cc3)cc2C)CCCC(SC)C1. The third kappa shape index (κ3) is 5.68. The molecule has 2 atom stereocenters. The van der Waals surface area contributed by atoms with Gasteiger partial charge < -0.3 is 9.47 Å². The highest BCUT2D eigenvalue weighted by Crippen LogP contribution is 2.38. The van der Waals surface area contributed by atoms with E-state index in [9.17, 15) is 9.59 Å². The number of aryl methyl sites for hydroxylation is 2. The molecule has 6 heteroatoms. The number of benzene rings is 2. The van der Waals surface area contributed by atoms with Gasteiger partial charge in [-0.25, -0.2) is 4.79 Å². The zero-order chi connectivity index (χ0) is 23.3. The molecular weight excluding hydrogens is 444 g/mol. The Labute approximate surface area is 200 Å². The lowest BCUT2D eigenvalue weighted by molar-refractivity contribution is -0.186. The summed E-state index contributed by atoms with van der Waals surface area (Å²) in [5.74, 6) is -0.806. The van der Waals surface area contributed by atoms with Gasteiger partial charge in [-0.05, 0) is 86.2 Å². The largest absolute Gasteiger partial charge is 0.463 e. The van der Waals surface area contributed by atoms with Crippen molar-refractivity contribution in [3.63, 3.8) is 0 Å². The molecule has 0 aliphatic heterocycles. The third-order valence-corrected chi connectivity index (χ3v) is 7.45. The van der Waals surface area contributed by atoms with Gasteiger partial charge in [0.05, 0.1) is 13.0 Å². The summed E-state index contributed by atoms with van der Waals surface area (Å²) in [5, 5.41) is 0.980. The molecule has 0 heterocycles. The minimum atomic E-state index is -1.18. The first kappa shape index (κ1) is 24.7. The lowest BCUT2D eigenvalue weighted by Gasteiger charge is -2.37. The van der Waals surface area contributed by atoms with Crippen LogP contribution in [0.3, 0.4) is 0 Å². The Hall–Kier alpha value is -1.98. The first-order chi connectivity index (χ1) is 15.3. The highest BCUT2D eigenvalue weighted by molar-refractivity contribution is 7.99. The standard InChI is InChI=1S/C26H31ClO4S/c1-5-30-25(29)26(12-6-7-22(16-26)32-4)31-24(28)15-20-13-18(3)23(14-17(20)2)19-8-10-21(27)11-9-19/h8-11,13-14,22H,5-7,12,15-16H2,1-4H3. The summed E-state index contributed by atoms with van der Waals surface area (Å²) in [4.78, 5) is 25.8. The predicted molar refractivity (Wildman–Crippen MR) is 131 cm³/mol. The number of hydrogen-bond donors (Lipinski definition) is 0. The van der Waals surface area contributed by atoms with Gasteiger partial charge in [-0.15, -0.1) is 0 Å². The van der Waals surface area contributed by atoms with Gasteiger partial charge in [-0.3, -0.25) is 4.79 Å². The van der Waals surface area contributed by atoms with E-state index in [1.165, 1.54) is 0 Å². The summed E-state index contributed by atoms with van der Waals surface area (Å²) in [5.41, 5.74) is 3.99. The third-order valence-electron chi connectivity index (χ3n) is 6.13. The lowest BCUT2D eigenvalue weighted by atomic mass is 9.84. The fourth-order valence-electron chi connectivity index (χ4n) is 4.39. The van der Waals surface area contributed by atoms with E-state index in [1.54, 1.807) is 18.7 Å². The number of hydrogen-bond acceptors (Lipinski definition) is 5. The molecule has 1 fully saturated rings. The number of halogens is 1. The topological polar surface area (TPSA) is 52.6 Å². The Morgan fingerprint density at radius 1 is 1.16 bits per heavy atom. The van der Waals surface area contributed by atoms with E-state index < -0.39 is 11.6 Å². The number of rotatable bonds is 7. The van der Waals surface area contributed by atoms with Crippen LogP contribution < -0.4 is 0 Å². The molecule has 2 unspecified atom stereocenters. The summed E-state index contributed by atoms with van der Waals surface area (Å²) in [6.45, 7) is 6.07. The van der Waals surface area contributed by atoms with Crippen LogP contribution in [0.25, 0.3) is 11.1 Å². The van der Waals surface area contributed by atoms with E-state index in [4.69, 9.17) is 21.1 Å². The van der Waals surface area contributed by atoms with Gasteiger partial charge in [-0.2, -0.15) is 11.8 Å². The van der Waals surface area contributed by atoms with Crippen LogP contribution >= 0.6 is 23.4 Å². The summed E-state index contributed by atoms with van der Waals surface area (Å²) < 4.78 is 11.2. The summed E-state index contributed by atoms with van der Waals surface area (Å²) >= 11 is 7.73. The zero-order valence-corrected chi connectivity index (χ0v) is 20.8. The smallest absolute Gasteiger partial charge is 0.350 e. The molecule has 172 valence electrons. The molecule has 1 saturated carbocycles. The molecule has 0 N–H and O–H groups in total. The fourth-order valence-corrected chi connectivity index (χ4v) is 5.35. The van der Waals surface area contributed by atoms with Gasteiger partial charge in [0.25, 0.3) is 0 Å². The van der Waals surface area contributed by atoms with Gasteiger partial charge in [0.15, 0.2) is 0 Å². The molecule has 1 aliphatic rings. The van der Waals surface area contributed by atoms with Crippen molar-refractivity contribution in [2.24, 2.45) is 0 Å². The molecule has 0 bridgehead atoms. The van der Waals surface area contributed by atoms with Crippen molar-refractivity contribution in [3.05, 3.63) is 58.1 Å². The van der Waals surface area contributed by atoms with Crippen LogP contribution in [0.4, 0.5) is 0 Å². The molecule has 2 aromatic carbocycles. The van der Waals surface area contributed by atoms with Crippen molar-refractivity contribution in [1.82, 2.24) is 0 Å². The molecule has 0 aromatic heterocycles. The maximum absolute atomic E-state index is 13.0. The predicted octanol–water partition coefficient (Wildman–Crippen LogP) is 6.32. The van der Waals surface area contributed by atoms with Crippen LogP contribution in [-0.4, -0.2) is 35.7 Å².